The van der Waals surface area contributed by atoms with Crippen LogP contribution in [0.15, 0.2) is 59.8 Å². The highest BCUT2D eigenvalue weighted by atomic mass is 16.5. The van der Waals surface area contributed by atoms with E-state index in [9.17, 15) is 19.2 Å². The number of carbonyl (C=O) groups is 4. The van der Waals surface area contributed by atoms with Crippen molar-refractivity contribution in [2.75, 3.05) is 6.61 Å². The molecule has 1 fully saturated rings. The third-order valence-electron chi connectivity index (χ3n) is 4.57. The summed E-state index contributed by atoms with van der Waals surface area (Å²) in [6, 6.07) is 0. The summed E-state index contributed by atoms with van der Waals surface area (Å²) in [6.45, 7) is 5.30. The minimum atomic E-state index is -0.668. The van der Waals surface area contributed by atoms with Crippen LogP contribution in [0.25, 0.3) is 0 Å². The molecule has 2 aliphatic rings. The molecule has 2 atom stereocenters. The highest BCUT2D eigenvalue weighted by Gasteiger charge is 2.39. The van der Waals surface area contributed by atoms with Crippen LogP contribution in [0.5, 0.6) is 0 Å². The first-order chi connectivity index (χ1) is 13.3. The monoisotopic (exact) mass is 378 g/mol. The average molecular weight is 378 g/mol. The van der Waals surface area contributed by atoms with Gasteiger partial charge in [-0.15, -0.1) is 6.42 Å². The maximum atomic E-state index is 12.6. The van der Waals surface area contributed by atoms with Gasteiger partial charge in [-0.05, 0) is 25.0 Å². The summed E-state index contributed by atoms with van der Waals surface area (Å²) in [5, 5.41) is 0. The zero-order valence-corrected chi connectivity index (χ0v) is 15.8. The van der Waals surface area contributed by atoms with E-state index in [0.29, 0.717) is 17.6 Å². The van der Waals surface area contributed by atoms with Crippen LogP contribution in [0.3, 0.4) is 0 Å². The number of carbonyl (C=O) groups excluding carboxylic acids is 4. The number of Topliss-reactive ketones (excluding diaryl/α,β-unsaturated/α-hetero) is 3. The topological polar surface area (TPSA) is 77.5 Å². The zero-order chi connectivity index (χ0) is 20.7. The van der Waals surface area contributed by atoms with Crippen molar-refractivity contribution in [3.8, 4) is 12.3 Å². The fraction of sp³-hybridized carbons (Fsp3) is 0.304. The van der Waals surface area contributed by atoms with Crippen LogP contribution >= 0.6 is 0 Å². The van der Waals surface area contributed by atoms with Crippen LogP contribution in [-0.4, -0.2) is 29.9 Å². The van der Waals surface area contributed by atoms with Crippen molar-refractivity contribution < 1.29 is 23.9 Å². The van der Waals surface area contributed by atoms with Gasteiger partial charge in [-0.25, -0.2) is 4.79 Å². The number of terminal acetylenes is 1. The van der Waals surface area contributed by atoms with Crippen LogP contribution in [-0.2, 0) is 23.9 Å². The molecule has 0 bridgehead atoms. The molecule has 0 N–H and O–H groups in total. The van der Waals surface area contributed by atoms with Gasteiger partial charge in [0, 0.05) is 18.4 Å². The molecule has 28 heavy (non-hydrogen) atoms. The SMILES string of the molecule is C#C/C=C\C=C1/CC(=O)C2C=C(C(=O)OCCCC(=O)C(=C)C)C=CC2C1=O. The molecule has 0 heterocycles. The van der Waals surface area contributed by atoms with Gasteiger partial charge >= 0.3 is 5.97 Å². The number of hydrogen-bond acceptors (Lipinski definition) is 5. The summed E-state index contributed by atoms with van der Waals surface area (Å²) in [7, 11) is 0. The molecule has 0 aromatic rings. The quantitative estimate of drug-likeness (QED) is 0.295. The smallest absolute Gasteiger partial charge is 0.337 e. The molecule has 2 rings (SSSR count). The second-order valence-electron chi connectivity index (χ2n) is 6.70. The van der Waals surface area contributed by atoms with Crippen molar-refractivity contribution in [3.05, 3.63) is 59.8 Å². The molecule has 2 aliphatic carbocycles. The Morgan fingerprint density at radius 2 is 2.11 bits per heavy atom. The van der Waals surface area contributed by atoms with Gasteiger partial charge in [0.1, 0.15) is 5.78 Å². The lowest BCUT2D eigenvalue weighted by molar-refractivity contribution is -0.139. The first-order valence-electron chi connectivity index (χ1n) is 8.99. The number of esters is 1. The Bertz CT molecular complexity index is 873. The molecule has 5 nitrogen and oxygen atoms in total. The van der Waals surface area contributed by atoms with Gasteiger partial charge in [0.05, 0.1) is 24.0 Å². The van der Waals surface area contributed by atoms with E-state index in [2.05, 4.69) is 12.5 Å². The normalized spacial score (nSPS) is 22.6. The summed E-state index contributed by atoms with van der Waals surface area (Å²) in [4.78, 5) is 48.7. The molecule has 1 saturated carbocycles. The van der Waals surface area contributed by atoms with Gasteiger partial charge in [0.25, 0.3) is 0 Å². The van der Waals surface area contributed by atoms with Crippen LogP contribution in [0.1, 0.15) is 26.2 Å². The number of ketones is 3. The third-order valence-corrected chi connectivity index (χ3v) is 4.57. The fourth-order valence-corrected chi connectivity index (χ4v) is 3.02. The maximum absolute atomic E-state index is 12.6. The molecule has 5 heteroatoms. The van der Waals surface area contributed by atoms with Gasteiger partial charge in [0.15, 0.2) is 11.6 Å². The van der Waals surface area contributed by atoms with Gasteiger partial charge < -0.3 is 4.74 Å². The average Bonchev–Trinajstić information content (AvgIpc) is 2.68. The van der Waals surface area contributed by atoms with E-state index >= 15 is 0 Å². The van der Waals surface area contributed by atoms with Gasteiger partial charge in [-0.1, -0.05) is 42.9 Å². The second-order valence-corrected chi connectivity index (χ2v) is 6.70. The highest BCUT2D eigenvalue weighted by molar-refractivity contribution is 6.11. The molecule has 0 aliphatic heterocycles. The lowest BCUT2D eigenvalue weighted by Gasteiger charge is -2.29. The van der Waals surface area contributed by atoms with E-state index in [0.717, 1.165) is 0 Å². The first kappa shape index (κ1) is 21.0. The Hall–Kier alpha value is -3.26. The van der Waals surface area contributed by atoms with Crippen LogP contribution in [0.2, 0.25) is 0 Å². The van der Waals surface area contributed by atoms with Gasteiger partial charge in [0.2, 0.25) is 0 Å². The summed E-state index contributed by atoms with van der Waals surface area (Å²) in [6.07, 6.45) is 14.9. The molecule has 0 saturated heterocycles. The summed E-state index contributed by atoms with van der Waals surface area (Å²) >= 11 is 0. The van der Waals surface area contributed by atoms with Crippen LogP contribution in [0, 0.1) is 24.2 Å². The largest absolute Gasteiger partial charge is 0.462 e. The Morgan fingerprint density at radius 3 is 2.79 bits per heavy atom. The summed E-state index contributed by atoms with van der Waals surface area (Å²) in [5.74, 6) is 0.118. The number of allylic oxidation sites excluding steroid dienone is 7. The minimum Gasteiger partial charge on any atom is -0.462 e. The molecular weight excluding hydrogens is 356 g/mol. The molecular formula is C23H22O5. The lowest BCUT2D eigenvalue weighted by atomic mass is 9.72. The van der Waals surface area contributed by atoms with Crippen molar-refractivity contribution >= 4 is 23.3 Å². The lowest BCUT2D eigenvalue weighted by Crippen LogP contribution is -2.36. The van der Waals surface area contributed by atoms with E-state index < -0.39 is 17.8 Å². The summed E-state index contributed by atoms with van der Waals surface area (Å²) < 4.78 is 5.16. The van der Waals surface area contributed by atoms with Crippen LogP contribution < -0.4 is 0 Å². The molecule has 0 aromatic heterocycles. The molecule has 0 radical (unpaired) electrons. The van der Waals surface area contributed by atoms with E-state index in [4.69, 9.17) is 11.2 Å². The standard InChI is InChI=1S/C23H22O5/c1-4-5-6-8-16-14-21(25)19-13-17(10-11-18(19)22(16)26)23(27)28-12-7-9-20(24)15(2)3/h1,5-6,8,10-11,13,18-19H,2,7,9,12,14H2,3H3/b6-5-,16-8+. The van der Waals surface area contributed by atoms with E-state index in [-0.39, 0.29) is 42.4 Å². The Kier molecular flexibility index (Phi) is 7.22. The predicted molar refractivity (Wildman–Crippen MR) is 105 cm³/mol. The van der Waals surface area contributed by atoms with E-state index in [1.54, 1.807) is 25.2 Å². The number of ether oxygens (including phenoxy) is 1. The maximum Gasteiger partial charge on any atom is 0.337 e. The second kappa shape index (κ2) is 9.61. The van der Waals surface area contributed by atoms with Crippen molar-refractivity contribution in [1.29, 1.82) is 0 Å². The van der Waals surface area contributed by atoms with Crippen LogP contribution in [0.4, 0.5) is 0 Å². The van der Waals surface area contributed by atoms with Crippen molar-refractivity contribution in [3.63, 3.8) is 0 Å². The Labute approximate surface area is 164 Å². The highest BCUT2D eigenvalue weighted by Crippen LogP contribution is 2.34. The van der Waals surface area contributed by atoms with E-state index in [1.165, 1.54) is 18.2 Å². The minimum absolute atomic E-state index is 0.00456. The first-order valence-corrected chi connectivity index (χ1v) is 8.99. The third kappa shape index (κ3) is 5.14. The molecule has 0 aromatic carbocycles. The molecule has 144 valence electrons. The zero-order valence-electron chi connectivity index (χ0n) is 15.8. The molecule has 0 amide bonds. The number of hydrogen-bond donors (Lipinski definition) is 0. The van der Waals surface area contributed by atoms with Gasteiger partial charge in [-0.2, -0.15) is 0 Å². The van der Waals surface area contributed by atoms with Gasteiger partial charge in [-0.3, -0.25) is 14.4 Å². The molecule has 2 unspecified atom stereocenters. The fourth-order valence-electron chi connectivity index (χ4n) is 3.02. The summed E-state index contributed by atoms with van der Waals surface area (Å²) in [5.41, 5.74) is 1.12. The molecule has 0 spiro atoms. The predicted octanol–water partition coefficient (Wildman–Crippen LogP) is 2.84. The Morgan fingerprint density at radius 1 is 1.36 bits per heavy atom. The van der Waals surface area contributed by atoms with E-state index in [1.807, 2.05) is 0 Å². The Balaban J connectivity index is 1.98. The van der Waals surface area contributed by atoms with Crippen molar-refractivity contribution in [2.45, 2.75) is 26.2 Å². The van der Waals surface area contributed by atoms with Crippen molar-refractivity contribution in [2.24, 2.45) is 11.8 Å². The number of fused-ring (bicyclic) bond motifs is 1. The number of rotatable bonds is 7. The van der Waals surface area contributed by atoms with Crippen molar-refractivity contribution in [1.82, 2.24) is 0 Å².